The second kappa shape index (κ2) is 9.63. The fourth-order valence-corrected chi connectivity index (χ4v) is 4.96. The van der Waals surface area contributed by atoms with Crippen LogP contribution in [0.5, 0.6) is 5.75 Å². The predicted molar refractivity (Wildman–Crippen MR) is 143 cm³/mol. The van der Waals surface area contributed by atoms with Crippen molar-refractivity contribution in [3.8, 4) is 39.7 Å². The van der Waals surface area contributed by atoms with Crippen molar-refractivity contribution in [2.24, 2.45) is 11.0 Å². The molecule has 8 heteroatoms. The van der Waals surface area contributed by atoms with Gasteiger partial charge in [-0.15, -0.1) is 0 Å². The van der Waals surface area contributed by atoms with E-state index in [1.54, 1.807) is 12.4 Å². The van der Waals surface area contributed by atoms with E-state index < -0.39 is 0 Å². The summed E-state index contributed by atoms with van der Waals surface area (Å²) in [6.45, 7) is 1.50. The third-order valence-corrected chi connectivity index (χ3v) is 6.85. The summed E-state index contributed by atoms with van der Waals surface area (Å²) in [4.78, 5) is 26.7. The molecular formula is C29H28N6O2. The Hall–Kier alpha value is -4.30. The number of nitrogens with zero attached hydrogens (tertiary/aromatic N) is 4. The first-order valence-corrected chi connectivity index (χ1v) is 12.4. The lowest BCUT2D eigenvalue weighted by atomic mass is 9.99. The Balaban J connectivity index is 1.34. The zero-order valence-electron chi connectivity index (χ0n) is 20.9. The summed E-state index contributed by atoms with van der Waals surface area (Å²) >= 11 is 0. The highest BCUT2D eigenvalue weighted by Crippen LogP contribution is 2.37. The largest absolute Gasteiger partial charge is 0.492 e. The van der Waals surface area contributed by atoms with Gasteiger partial charge >= 0.3 is 0 Å². The molecule has 1 aliphatic heterocycles. The van der Waals surface area contributed by atoms with E-state index in [1.165, 1.54) is 5.56 Å². The molecule has 186 valence electrons. The van der Waals surface area contributed by atoms with Crippen molar-refractivity contribution >= 4 is 11.6 Å². The zero-order chi connectivity index (χ0) is 25.4. The maximum absolute atomic E-state index is 11.8. The van der Waals surface area contributed by atoms with Gasteiger partial charge in [0.1, 0.15) is 18.2 Å². The second-order valence-corrected chi connectivity index (χ2v) is 9.73. The highest BCUT2D eigenvalue weighted by molar-refractivity contribution is 6.09. The first kappa shape index (κ1) is 23.1. The number of H-pyrrole nitrogens is 1. The summed E-state index contributed by atoms with van der Waals surface area (Å²) in [6, 6.07) is 18.4. The molecule has 2 aliphatic rings. The Morgan fingerprint density at radius 3 is 2.54 bits per heavy atom. The van der Waals surface area contributed by atoms with Crippen LogP contribution in [0.25, 0.3) is 33.9 Å². The van der Waals surface area contributed by atoms with Crippen molar-refractivity contribution < 1.29 is 9.53 Å². The van der Waals surface area contributed by atoms with E-state index in [1.807, 2.05) is 50.5 Å². The standard InChI is InChI=1S/C29H28N6O2/c1-35(2)13-14-37-23-6-3-19(4-7-23)29-31-27(18-9-11-30-12-10-18)28(32-29)20-5-8-24-21(15-20)16-22-17-25(36)33-34-26(22)24/h3-12,15,22H,13-14,16-17H2,1-2H3,(H,31,32)(H,33,36). The van der Waals surface area contributed by atoms with Crippen molar-refractivity contribution in [1.29, 1.82) is 0 Å². The number of hydrogen-bond acceptors (Lipinski definition) is 6. The summed E-state index contributed by atoms with van der Waals surface area (Å²) in [5, 5.41) is 4.34. The molecule has 3 heterocycles. The number of imidazole rings is 1. The van der Waals surface area contributed by atoms with E-state index in [2.05, 4.69) is 43.6 Å². The Kier molecular flexibility index (Phi) is 6.02. The van der Waals surface area contributed by atoms with Crippen LogP contribution in [0.1, 0.15) is 17.5 Å². The van der Waals surface area contributed by atoms with Crippen LogP contribution in [0.3, 0.4) is 0 Å². The lowest BCUT2D eigenvalue weighted by Crippen LogP contribution is -2.31. The number of rotatable bonds is 7. The predicted octanol–water partition coefficient (Wildman–Crippen LogP) is 4.14. The fourth-order valence-electron chi connectivity index (χ4n) is 4.96. The number of fused-ring (bicyclic) bond motifs is 3. The molecule has 1 aliphatic carbocycles. The number of ether oxygens (including phenoxy) is 1. The molecule has 0 radical (unpaired) electrons. The summed E-state index contributed by atoms with van der Waals surface area (Å²) in [5.74, 6) is 1.75. The monoisotopic (exact) mass is 492 g/mol. The molecule has 2 aromatic carbocycles. The summed E-state index contributed by atoms with van der Waals surface area (Å²) in [5.41, 5.74) is 10.7. The third kappa shape index (κ3) is 4.63. The molecule has 0 fully saturated rings. The number of carbonyl (C=O) groups excluding carboxylic acids is 1. The van der Waals surface area contributed by atoms with Crippen LogP contribution < -0.4 is 10.2 Å². The number of amides is 1. The van der Waals surface area contributed by atoms with Crippen LogP contribution in [0.2, 0.25) is 0 Å². The van der Waals surface area contributed by atoms with Gasteiger partial charge in [-0.05, 0) is 68.5 Å². The highest BCUT2D eigenvalue weighted by Gasteiger charge is 2.33. The molecule has 37 heavy (non-hydrogen) atoms. The number of likely N-dealkylation sites (N-methyl/N-ethyl adjacent to an activating group) is 1. The normalized spacial score (nSPS) is 16.2. The zero-order valence-corrected chi connectivity index (χ0v) is 20.9. The Morgan fingerprint density at radius 2 is 1.76 bits per heavy atom. The van der Waals surface area contributed by atoms with Crippen molar-refractivity contribution in [2.75, 3.05) is 27.2 Å². The number of benzene rings is 2. The van der Waals surface area contributed by atoms with Gasteiger partial charge in [0, 0.05) is 53.5 Å². The van der Waals surface area contributed by atoms with Gasteiger partial charge in [-0.2, -0.15) is 5.10 Å². The summed E-state index contributed by atoms with van der Waals surface area (Å²) in [7, 11) is 4.06. The van der Waals surface area contributed by atoms with Crippen molar-refractivity contribution in [2.45, 2.75) is 12.8 Å². The average Bonchev–Trinajstić information content (AvgIpc) is 3.50. The third-order valence-electron chi connectivity index (χ3n) is 6.85. The molecule has 8 nitrogen and oxygen atoms in total. The molecule has 1 amide bonds. The lowest BCUT2D eigenvalue weighted by Gasteiger charge is -2.15. The van der Waals surface area contributed by atoms with Gasteiger partial charge in [0.15, 0.2) is 0 Å². The Labute approximate surface area is 215 Å². The summed E-state index contributed by atoms with van der Waals surface area (Å²) < 4.78 is 5.85. The minimum absolute atomic E-state index is 0.0205. The molecule has 0 saturated heterocycles. The van der Waals surface area contributed by atoms with E-state index in [4.69, 9.17) is 9.72 Å². The van der Waals surface area contributed by atoms with E-state index in [0.717, 1.165) is 63.9 Å². The van der Waals surface area contributed by atoms with Gasteiger partial charge < -0.3 is 14.6 Å². The quantitative estimate of drug-likeness (QED) is 0.404. The smallest absolute Gasteiger partial charge is 0.240 e. The van der Waals surface area contributed by atoms with Crippen LogP contribution in [-0.4, -0.2) is 58.7 Å². The highest BCUT2D eigenvalue weighted by atomic mass is 16.5. The molecule has 0 spiro atoms. The molecule has 0 bridgehead atoms. The van der Waals surface area contributed by atoms with Crippen LogP contribution in [-0.2, 0) is 11.2 Å². The van der Waals surface area contributed by atoms with Crippen LogP contribution in [0.4, 0.5) is 0 Å². The maximum atomic E-state index is 11.8. The Morgan fingerprint density at radius 1 is 0.973 bits per heavy atom. The SMILES string of the molecule is CN(C)CCOc1ccc(-c2nc(-c3ccc4c(c3)CC3CC(=O)NN=C43)c(-c3ccncc3)[nH]2)cc1. The molecule has 2 N–H and O–H groups in total. The number of hydrogen-bond donors (Lipinski definition) is 2. The minimum Gasteiger partial charge on any atom is -0.492 e. The first-order valence-electron chi connectivity index (χ1n) is 12.4. The summed E-state index contributed by atoms with van der Waals surface area (Å²) in [6.07, 6.45) is 4.86. The second-order valence-electron chi connectivity index (χ2n) is 9.73. The van der Waals surface area contributed by atoms with Crippen LogP contribution >= 0.6 is 0 Å². The molecule has 0 saturated carbocycles. The van der Waals surface area contributed by atoms with Gasteiger partial charge in [0.2, 0.25) is 5.91 Å². The van der Waals surface area contributed by atoms with Gasteiger partial charge in [0.25, 0.3) is 0 Å². The number of carbonyl (C=O) groups is 1. The number of nitrogens with one attached hydrogen (secondary N) is 2. The fraction of sp³-hybridized carbons (Fsp3) is 0.241. The molecular weight excluding hydrogens is 464 g/mol. The molecule has 6 rings (SSSR count). The van der Waals surface area contributed by atoms with Crippen molar-refractivity contribution in [1.82, 2.24) is 25.3 Å². The van der Waals surface area contributed by atoms with Gasteiger partial charge in [0.05, 0.1) is 17.1 Å². The van der Waals surface area contributed by atoms with Gasteiger partial charge in [-0.3, -0.25) is 9.78 Å². The molecule has 1 atom stereocenters. The Bertz CT molecular complexity index is 1470. The average molecular weight is 493 g/mol. The molecule has 2 aromatic heterocycles. The van der Waals surface area contributed by atoms with Crippen LogP contribution in [0, 0.1) is 5.92 Å². The van der Waals surface area contributed by atoms with Gasteiger partial charge in [-0.25, -0.2) is 10.4 Å². The van der Waals surface area contributed by atoms with Gasteiger partial charge in [-0.1, -0.05) is 12.1 Å². The first-order chi connectivity index (χ1) is 18.0. The van der Waals surface area contributed by atoms with E-state index in [9.17, 15) is 4.79 Å². The maximum Gasteiger partial charge on any atom is 0.240 e. The number of aromatic nitrogens is 3. The number of aromatic amines is 1. The van der Waals surface area contributed by atoms with Crippen molar-refractivity contribution in [3.05, 3.63) is 78.1 Å². The number of hydrazone groups is 1. The van der Waals surface area contributed by atoms with E-state index in [-0.39, 0.29) is 11.8 Å². The van der Waals surface area contributed by atoms with Crippen LogP contribution in [0.15, 0.2) is 72.1 Å². The number of pyridine rings is 1. The lowest BCUT2D eigenvalue weighted by molar-refractivity contribution is -0.121. The van der Waals surface area contributed by atoms with E-state index in [0.29, 0.717) is 13.0 Å². The molecule has 4 aromatic rings. The molecule has 1 unspecified atom stereocenters. The topological polar surface area (TPSA) is 95.5 Å². The minimum atomic E-state index is -0.0205. The van der Waals surface area contributed by atoms with E-state index >= 15 is 0 Å². The van der Waals surface area contributed by atoms with Crippen molar-refractivity contribution in [3.63, 3.8) is 0 Å².